The van der Waals surface area contributed by atoms with Gasteiger partial charge in [-0.1, -0.05) is 19.1 Å². The number of aromatic nitrogens is 2. The van der Waals surface area contributed by atoms with Gasteiger partial charge in [0.05, 0.1) is 24.7 Å². The lowest BCUT2D eigenvalue weighted by atomic mass is 10.1. The van der Waals surface area contributed by atoms with E-state index in [1.54, 1.807) is 17.0 Å². The molecule has 164 valence electrons. The first-order valence-corrected chi connectivity index (χ1v) is 10.5. The number of anilines is 1. The fraction of sp³-hybridized carbons (Fsp3) is 0.240. The predicted octanol–water partition coefficient (Wildman–Crippen LogP) is 4.95. The second kappa shape index (κ2) is 9.09. The van der Waals surface area contributed by atoms with E-state index in [9.17, 15) is 9.59 Å². The SMILES string of the molecule is CCCC(=O)N(Cc1nc2ccccc2n1C)c1ccc(-c2ccc(C(=O)OC)o2)cc1. The lowest BCUT2D eigenvalue weighted by Gasteiger charge is -2.23. The molecule has 0 unspecified atom stereocenters. The van der Waals surface area contributed by atoms with Gasteiger partial charge in [0.2, 0.25) is 11.7 Å². The Bertz CT molecular complexity index is 1250. The zero-order valence-electron chi connectivity index (χ0n) is 18.4. The smallest absolute Gasteiger partial charge is 0.373 e. The molecule has 4 aromatic rings. The van der Waals surface area contributed by atoms with Crippen molar-refractivity contribution in [3.05, 3.63) is 72.2 Å². The van der Waals surface area contributed by atoms with Crippen molar-refractivity contribution in [2.24, 2.45) is 7.05 Å². The van der Waals surface area contributed by atoms with Crippen LogP contribution in [0.1, 0.15) is 36.1 Å². The van der Waals surface area contributed by atoms with Crippen LogP contribution >= 0.6 is 0 Å². The van der Waals surface area contributed by atoms with Crippen molar-refractivity contribution in [3.8, 4) is 11.3 Å². The van der Waals surface area contributed by atoms with Crippen molar-refractivity contribution in [3.63, 3.8) is 0 Å². The molecule has 0 bridgehead atoms. The lowest BCUT2D eigenvalue weighted by Crippen LogP contribution is -2.31. The molecule has 0 N–H and O–H groups in total. The number of fused-ring (bicyclic) bond motifs is 1. The first-order valence-electron chi connectivity index (χ1n) is 10.5. The fourth-order valence-corrected chi connectivity index (χ4v) is 3.66. The fourth-order valence-electron chi connectivity index (χ4n) is 3.66. The minimum atomic E-state index is -0.522. The summed E-state index contributed by atoms with van der Waals surface area (Å²) in [6.45, 7) is 2.36. The average molecular weight is 431 g/mol. The highest BCUT2D eigenvalue weighted by molar-refractivity contribution is 5.93. The van der Waals surface area contributed by atoms with E-state index >= 15 is 0 Å². The Hall–Kier alpha value is -3.87. The summed E-state index contributed by atoms with van der Waals surface area (Å²) in [6.07, 6.45) is 1.21. The van der Waals surface area contributed by atoms with Gasteiger partial charge in [-0.15, -0.1) is 0 Å². The molecule has 4 rings (SSSR count). The summed E-state index contributed by atoms with van der Waals surface area (Å²) in [7, 11) is 3.28. The van der Waals surface area contributed by atoms with Crippen molar-refractivity contribution in [2.45, 2.75) is 26.3 Å². The van der Waals surface area contributed by atoms with Gasteiger partial charge in [0.25, 0.3) is 0 Å². The van der Waals surface area contributed by atoms with Gasteiger partial charge >= 0.3 is 5.97 Å². The third-order valence-corrected chi connectivity index (χ3v) is 5.40. The summed E-state index contributed by atoms with van der Waals surface area (Å²) < 4.78 is 12.3. The van der Waals surface area contributed by atoms with Crippen LogP contribution in [-0.4, -0.2) is 28.5 Å². The van der Waals surface area contributed by atoms with E-state index in [1.807, 2.05) is 67.1 Å². The maximum absolute atomic E-state index is 13.0. The molecule has 2 aromatic carbocycles. The molecule has 32 heavy (non-hydrogen) atoms. The van der Waals surface area contributed by atoms with Crippen molar-refractivity contribution in [1.29, 1.82) is 0 Å². The number of para-hydroxylation sites is 2. The standard InChI is InChI=1S/C25H25N3O4/c1-4-7-24(29)28(16-23-26-19-8-5-6-9-20(19)27(23)2)18-12-10-17(11-13-18)21-14-15-22(32-21)25(30)31-3/h5-6,8-15H,4,7,16H2,1-3H3. The largest absolute Gasteiger partial charge is 0.463 e. The van der Waals surface area contributed by atoms with Crippen molar-refractivity contribution in [1.82, 2.24) is 9.55 Å². The summed E-state index contributed by atoms with van der Waals surface area (Å²) in [4.78, 5) is 31.1. The van der Waals surface area contributed by atoms with Crippen LogP contribution in [0.25, 0.3) is 22.4 Å². The Morgan fingerprint density at radius 1 is 1.06 bits per heavy atom. The highest BCUT2D eigenvalue weighted by Crippen LogP contribution is 2.27. The normalized spacial score (nSPS) is 11.0. The topological polar surface area (TPSA) is 77.6 Å². The molecule has 2 aromatic heterocycles. The van der Waals surface area contributed by atoms with E-state index in [1.165, 1.54) is 7.11 Å². The number of benzene rings is 2. The first kappa shape index (κ1) is 21.4. The molecule has 0 aliphatic carbocycles. The van der Waals surface area contributed by atoms with E-state index in [4.69, 9.17) is 9.40 Å². The second-order valence-corrected chi connectivity index (χ2v) is 7.51. The van der Waals surface area contributed by atoms with Crippen LogP contribution in [0.5, 0.6) is 0 Å². The van der Waals surface area contributed by atoms with Gasteiger partial charge in [-0.05, 0) is 55.0 Å². The zero-order valence-corrected chi connectivity index (χ0v) is 18.4. The third-order valence-electron chi connectivity index (χ3n) is 5.40. The van der Waals surface area contributed by atoms with Crippen LogP contribution in [0.4, 0.5) is 5.69 Å². The van der Waals surface area contributed by atoms with Gasteiger partial charge in [0, 0.05) is 24.7 Å². The van der Waals surface area contributed by atoms with Crippen LogP contribution < -0.4 is 4.90 Å². The number of carbonyl (C=O) groups is 2. The van der Waals surface area contributed by atoms with Crippen LogP contribution in [0.2, 0.25) is 0 Å². The Labute approximate surface area is 186 Å². The number of nitrogens with zero attached hydrogens (tertiary/aromatic N) is 3. The number of methoxy groups -OCH3 is 1. The Morgan fingerprint density at radius 2 is 1.81 bits per heavy atom. The Balaban J connectivity index is 1.63. The Morgan fingerprint density at radius 3 is 2.50 bits per heavy atom. The number of hydrogen-bond donors (Lipinski definition) is 0. The summed E-state index contributed by atoms with van der Waals surface area (Å²) in [5, 5.41) is 0. The number of rotatable bonds is 7. The highest BCUT2D eigenvalue weighted by Gasteiger charge is 2.19. The van der Waals surface area contributed by atoms with Crippen LogP contribution in [-0.2, 0) is 23.1 Å². The number of hydrogen-bond acceptors (Lipinski definition) is 5. The molecule has 0 aliphatic rings. The van der Waals surface area contributed by atoms with Gasteiger partial charge in [-0.2, -0.15) is 0 Å². The summed E-state index contributed by atoms with van der Waals surface area (Å²) in [5.74, 6) is 1.03. The summed E-state index contributed by atoms with van der Waals surface area (Å²) >= 11 is 0. The minimum Gasteiger partial charge on any atom is -0.463 e. The van der Waals surface area contributed by atoms with Crippen LogP contribution in [0, 0.1) is 0 Å². The van der Waals surface area contributed by atoms with Gasteiger partial charge in [-0.3, -0.25) is 4.79 Å². The molecule has 1 amide bonds. The number of esters is 1. The van der Waals surface area contributed by atoms with E-state index in [2.05, 4.69) is 4.74 Å². The molecular weight excluding hydrogens is 406 g/mol. The molecule has 0 spiro atoms. The van der Waals surface area contributed by atoms with Crippen LogP contribution in [0.15, 0.2) is 65.1 Å². The molecule has 0 saturated heterocycles. The molecule has 0 radical (unpaired) electrons. The van der Waals surface area contributed by atoms with E-state index in [0.717, 1.165) is 34.5 Å². The highest BCUT2D eigenvalue weighted by atomic mass is 16.5. The quantitative estimate of drug-likeness (QED) is 0.387. The second-order valence-electron chi connectivity index (χ2n) is 7.51. The summed E-state index contributed by atoms with van der Waals surface area (Å²) in [5.41, 5.74) is 3.51. The van der Waals surface area contributed by atoms with Crippen LogP contribution in [0.3, 0.4) is 0 Å². The molecule has 0 aliphatic heterocycles. The van der Waals surface area contributed by atoms with Gasteiger partial charge in [-0.25, -0.2) is 9.78 Å². The van der Waals surface area contributed by atoms with Crippen molar-refractivity contribution >= 4 is 28.6 Å². The molecule has 0 fully saturated rings. The molecule has 0 saturated carbocycles. The first-order chi connectivity index (χ1) is 15.5. The molecule has 2 heterocycles. The molecule has 0 atom stereocenters. The van der Waals surface area contributed by atoms with Gasteiger partial charge in [0.15, 0.2) is 0 Å². The Kier molecular flexibility index (Phi) is 6.07. The maximum atomic E-state index is 13.0. The summed E-state index contributed by atoms with van der Waals surface area (Å²) in [6, 6.07) is 18.7. The van der Waals surface area contributed by atoms with E-state index < -0.39 is 5.97 Å². The predicted molar refractivity (Wildman–Crippen MR) is 122 cm³/mol. The molecule has 7 nitrogen and oxygen atoms in total. The van der Waals surface area contributed by atoms with Gasteiger partial charge < -0.3 is 18.6 Å². The van der Waals surface area contributed by atoms with Crippen molar-refractivity contribution < 1.29 is 18.7 Å². The average Bonchev–Trinajstić information content (AvgIpc) is 3.43. The minimum absolute atomic E-state index is 0.0401. The number of carbonyl (C=O) groups excluding carboxylic acids is 2. The molecular formula is C25H25N3O4. The monoisotopic (exact) mass is 431 g/mol. The molecule has 7 heteroatoms. The number of furan rings is 1. The van der Waals surface area contributed by atoms with Crippen molar-refractivity contribution in [2.75, 3.05) is 12.0 Å². The zero-order chi connectivity index (χ0) is 22.7. The number of aryl methyl sites for hydroxylation is 1. The number of ether oxygens (including phenoxy) is 1. The maximum Gasteiger partial charge on any atom is 0.373 e. The third kappa shape index (κ3) is 4.14. The number of imidazole rings is 1. The van der Waals surface area contributed by atoms with E-state index in [-0.39, 0.29) is 11.7 Å². The van der Waals surface area contributed by atoms with E-state index in [0.29, 0.717) is 18.7 Å². The number of amides is 1. The lowest BCUT2D eigenvalue weighted by molar-refractivity contribution is -0.118. The van der Waals surface area contributed by atoms with Gasteiger partial charge in [0.1, 0.15) is 11.6 Å².